The van der Waals surface area contributed by atoms with E-state index < -0.39 is 5.60 Å². The molecule has 0 spiro atoms. The molecule has 1 aromatic heterocycles. The van der Waals surface area contributed by atoms with Gasteiger partial charge in [0.25, 0.3) is 0 Å². The molecule has 27 heavy (non-hydrogen) atoms. The number of anilines is 1. The molecule has 1 N–H and O–H groups in total. The van der Waals surface area contributed by atoms with Crippen LogP contribution in [0.15, 0.2) is 12.4 Å². The standard InChI is InChI=1S/C20H32N4O3/c1-19(2,3)17-21-12-15(13-22-17)23-16(25)11-14-7-9-24(10-8-14)18(26)27-20(4,5)6/h12-14H,7-11H2,1-6H3,(H,23,25). The maximum atomic E-state index is 12.3. The van der Waals surface area contributed by atoms with Gasteiger partial charge in [0.2, 0.25) is 5.91 Å². The first-order chi connectivity index (χ1) is 12.4. The molecule has 0 atom stereocenters. The van der Waals surface area contributed by atoms with Crippen molar-refractivity contribution in [1.29, 1.82) is 0 Å². The third kappa shape index (κ3) is 6.81. The second kappa shape index (κ2) is 8.23. The molecule has 2 rings (SSSR count). The fourth-order valence-electron chi connectivity index (χ4n) is 2.90. The maximum Gasteiger partial charge on any atom is 0.410 e. The van der Waals surface area contributed by atoms with E-state index in [1.165, 1.54) is 0 Å². The van der Waals surface area contributed by atoms with Crippen molar-refractivity contribution in [2.24, 2.45) is 5.92 Å². The molecule has 1 fully saturated rings. The number of hydrogen-bond acceptors (Lipinski definition) is 5. The molecule has 1 aromatic rings. The van der Waals surface area contributed by atoms with Crippen LogP contribution in [0.1, 0.15) is 66.6 Å². The summed E-state index contributed by atoms with van der Waals surface area (Å²) in [4.78, 5) is 34.8. The molecular weight excluding hydrogens is 344 g/mol. The maximum absolute atomic E-state index is 12.3. The van der Waals surface area contributed by atoms with Gasteiger partial charge in [-0.1, -0.05) is 20.8 Å². The first-order valence-corrected chi connectivity index (χ1v) is 9.54. The number of amides is 2. The summed E-state index contributed by atoms with van der Waals surface area (Å²) in [5, 5.41) is 2.86. The molecule has 7 nitrogen and oxygen atoms in total. The van der Waals surface area contributed by atoms with Gasteiger partial charge in [-0.25, -0.2) is 14.8 Å². The summed E-state index contributed by atoms with van der Waals surface area (Å²) >= 11 is 0. The second-order valence-corrected chi connectivity index (χ2v) is 9.21. The summed E-state index contributed by atoms with van der Waals surface area (Å²) < 4.78 is 5.40. The number of ether oxygens (including phenoxy) is 1. The van der Waals surface area contributed by atoms with E-state index in [0.717, 1.165) is 18.7 Å². The number of piperidine rings is 1. The van der Waals surface area contributed by atoms with E-state index in [-0.39, 0.29) is 23.3 Å². The smallest absolute Gasteiger partial charge is 0.410 e. The van der Waals surface area contributed by atoms with Crippen LogP contribution in [-0.4, -0.2) is 45.6 Å². The molecule has 0 unspecified atom stereocenters. The minimum Gasteiger partial charge on any atom is -0.444 e. The number of likely N-dealkylation sites (tertiary alicyclic amines) is 1. The summed E-state index contributed by atoms with van der Waals surface area (Å²) in [6.07, 6.45) is 5.05. The quantitative estimate of drug-likeness (QED) is 0.868. The average molecular weight is 377 g/mol. The van der Waals surface area contributed by atoms with E-state index in [4.69, 9.17) is 4.74 Å². The number of carbonyl (C=O) groups excluding carboxylic acids is 2. The Kier molecular flexibility index (Phi) is 6.44. The largest absolute Gasteiger partial charge is 0.444 e. The van der Waals surface area contributed by atoms with Gasteiger partial charge in [-0.15, -0.1) is 0 Å². The van der Waals surface area contributed by atoms with Gasteiger partial charge in [-0.2, -0.15) is 0 Å². The minimum absolute atomic E-state index is 0.0437. The SMILES string of the molecule is CC(C)(C)OC(=O)N1CCC(CC(=O)Nc2cnc(C(C)(C)C)nc2)CC1. The summed E-state index contributed by atoms with van der Waals surface area (Å²) in [5.41, 5.74) is 0.00230. The predicted octanol–water partition coefficient (Wildman–Crippen LogP) is 3.75. The predicted molar refractivity (Wildman–Crippen MR) is 105 cm³/mol. The second-order valence-electron chi connectivity index (χ2n) is 9.21. The normalized spacial score (nSPS) is 16.1. The number of aromatic nitrogens is 2. The Balaban J connectivity index is 1.78. The van der Waals surface area contributed by atoms with E-state index in [1.807, 2.05) is 41.5 Å². The monoisotopic (exact) mass is 376 g/mol. The first kappa shape index (κ1) is 21.1. The van der Waals surface area contributed by atoms with Crippen molar-refractivity contribution in [2.45, 2.75) is 71.8 Å². The lowest BCUT2D eigenvalue weighted by Crippen LogP contribution is -2.42. The highest BCUT2D eigenvalue weighted by molar-refractivity contribution is 5.90. The van der Waals surface area contributed by atoms with Crippen LogP contribution >= 0.6 is 0 Å². The van der Waals surface area contributed by atoms with Crippen LogP contribution in [-0.2, 0) is 14.9 Å². The van der Waals surface area contributed by atoms with Gasteiger partial charge in [-0.3, -0.25) is 4.79 Å². The Bertz CT molecular complexity index is 651. The van der Waals surface area contributed by atoms with Gasteiger partial charge in [0, 0.05) is 24.9 Å². The highest BCUT2D eigenvalue weighted by atomic mass is 16.6. The van der Waals surface area contributed by atoms with Crippen LogP contribution in [0.5, 0.6) is 0 Å². The number of nitrogens with zero attached hydrogens (tertiary/aromatic N) is 3. The lowest BCUT2D eigenvalue weighted by Gasteiger charge is -2.33. The Hall–Kier alpha value is -2.18. The fourth-order valence-corrected chi connectivity index (χ4v) is 2.90. The van der Waals surface area contributed by atoms with E-state index in [2.05, 4.69) is 15.3 Å². The van der Waals surface area contributed by atoms with E-state index in [9.17, 15) is 9.59 Å². The summed E-state index contributed by atoms with van der Waals surface area (Å²) in [6, 6.07) is 0. The van der Waals surface area contributed by atoms with Crippen LogP contribution in [0.3, 0.4) is 0 Å². The molecule has 0 radical (unpaired) electrons. The Morgan fingerprint density at radius 2 is 1.67 bits per heavy atom. The molecule has 1 saturated heterocycles. The van der Waals surface area contributed by atoms with E-state index >= 15 is 0 Å². The number of hydrogen-bond donors (Lipinski definition) is 1. The van der Waals surface area contributed by atoms with Gasteiger partial charge in [-0.05, 0) is 39.5 Å². The van der Waals surface area contributed by atoms with Crippen LogP contribution in [0, 0.1) is 5.92 Å². The van der Waals surface area contributed by atoms with Crippen molar-refractivity contribution in [3.05, 3.63) is 18.2 Å². The zero-order valence-electron chi connectivity index (χ0n) is 17.3. The van der Waals surface area contributed by atoms with Crippen LogP contribution in [0.25, 0.3) is 0 Å². The number of rotatable bonds is 3. The van der Waals surface area contributed by atoms with Gasteiger partial charge < -0.3 is 15.0 Å². The van der Waals surface area contributed by atoms with Crippen LogP contribution in [0.4, 0.5) is 10.5 Å². The topological polar surface area (TPSA) is 84.4 Å². The molecule has 150 valence electrons. The van der Waals surface area contributed by atoms with Gasteiger partial charge in [0.05, 0.1) is 18.1 Å². The molecule has 2 amide bonds. The molecule has 0 saturated carbocycles. The van der Waals surface area contributed by atoms with Crippen molar-refractivity contribution >= 4 is 17.7 Å². The van der Waals surface area contributed by atoms with Gasteiger partial charge in [0.1, 0.15) is 11.4 Å². The van der Waals surface area contributed by atoms with Gasteiger partial charge >= 0.3 is 6.09 Å². The molecule has 1 aliphatic heterocycles. The Morgan fingerprint density at radius 3 is 2.15 bits per heavy atom. The van der Waals surface area contributed by atoms with Crippen molar-refractivity contribution in [3.63, 3.8) is 0 Å². The van der Waals surface area contributed by atoms with Gasteiger partial charge in [0.15, 0.2) is 0 Å². The zero-order chi connectivity index (χ0) is 20.2. The highest BCUT2D eigenvalue weighted by Gasteiger charge is 2.27. The van der Waals surface area contributed by atoms with Crippen LogP contribution < -0.4 is 5.32 Å². The lowest BCUT2D eigenvalue weighted by molar-refractivity contribution is -0.117. The van der Waals surface area contributed by atoms with E-state index in [0.29, 0.717) is 25.2 Å². The van der Waals surface area contributed by atoms with Crippen LogP contribution in [0.2, 0.25) is 0 Å². The molecule has 0 aliphatic carbocycles. The lowest BCUT2D eigenvalue weighted by atomic mass is 9.93. The average Bonchev–Trinajstić information content (AvgIpc) is 2.53. The molecule has 7 heteroatoms. The first-order valence-electron chi connectivity index (χ1n) is 9.54. The summed E-state index contributed by atoms with van der Waals surface area (Å²) in [5.74, 6) is 0.964. The van der Waals surface area contributed by atoms with Crippen molar-refractivity contribution in [3.8, 4) is 0 Å². The van der Waals surface area contributed by atoms with Crippen molar-refractivity contribution in [2.75, 3.05) is 18.4 Å². The zero-order valence-corrected chi connectivity index (χ0v) is 17.3. The minimum atomic E-state index is -0.488. The molecule has 2 heterocycles. The third-order valence-corrected chi connectivity index (χ3v) is 4.35. The Labute approximate surface area is 161 Å². The highest BCUT2D eigenvalue weighted by Crippen LogP contribution is 2.23. The van der Waals surface area contributed by atoms with Crippen molar-refractivity contribution in [1.82, 2.24) is 14.9 Å². The number of carbonyl (C=O) groups is 2. The Morgan fingerprint density at radius 1 is 1.11 bits per heavy atom. The molecule has 1 aliphatic rings. The third-order valence-electron chi connectivity index (χ3n) is 4.35. The fraction of sp³-hybridized carbons (Fsp3) is 0.700. The molecule has 0 bridgehead atoms. The summed E-state index contributed by atoms with van der Waals surface area (Å²) in [7, 11) is 0. The molecular formula is C20H32N4O3. The number of nitrogens with one attached hydrogen (secondary N) is 1. The molecule has 0 aromatic carbocycles. The van der Waals surface area contributed by atoms with E-state index in [1.54, 1.807) is 17.3 Å². The summed E-state index contributed by atoms with van der Waals surface area (Å²) in [6.45, 7) is 13.0. The van der Waals surface area contributed by atoms with Crippen molar-refractivity contribution < 1.29 is 14.3 Å².